The van der Waals surface area contributed by atoms with Crippen molar-refractivity contribution >= 4 is 11.6 Å². The van der Waals surface area contributed by atoms with Crippen LogP contribution < -0.4 is 5.32 Å². The third-order valence-corrected chi connectivity index (χ3v) is 6.22. The van der Waals surface area contributed by atoms with Crippen molar-refractivity contribution in [1.82, 2.24) is 14.5 Å². The molecule has 0 atom stereocenters. The first-order chi connectivity index (χ1) is 15.0. The van der Waals surface area contributed by atoms with Crippen molar-refractivity contribution in [3.8, 4) is 11.4 Å². The number of carbonyl (C=O) groups excluding carboxylic acids is 1. The zero-order valence-corrected chi connectivity index (χ0v) is 18.8. The highest BCUT2D eigenvalue weighted by Gasteiger charge is 2.22. The molecule has 4 rings (SSSR count). The second-order valence-electron chi connectivity index (χ2n) is 8.81. The molecule has 0 saturated carbocycles. The topological polar surface area (TPSA) is 50.2 Å². The van der Waals surface area contributed by atoms with E-state index in [1.165, 1.54) is 5.56 Å². The van der Waals surface area contributed by atoms with Crippen LogP contribution in [0.15, 0.2) is 54.9 Å². The molecule has 0 radical (unpaired) electrons. The maximum Gasteiger partial charge on any atom is 0.238 e. The van der Waals surface area contributed by atoms with Crippen LogP contribution in [0.25, 0.3) is 11.4 Å². The quantitative estimate of drug-likeness (QED) is 0.626. The molecule has 0 unspecified atom stereocenters. The number of imidazole rings is 1. The molecule has 0 spiro atoms. The molecule has 162 valence electrons. The molecule has 2 aromatic carbocycles. The van der Waals surface area contributed by atoms with Gasteiger partial charge in [0.2, 0.25) is 5.91 Å². The van der Waals surface area contributed by atoms with Gasteiger partial charge in [0.1, 0.15) is 5.82 Å². The predicted octanol–water partition coefficient (Wildman–Crippen LogP) is 4.83. The summed E-state index contributed by atoms with van der Waals surface area (Å²) in [5.41, 5.74) is 5.59. The van der Waals surface area contributed by atoms with Gasteiger partial charge in [0.15, 0.2) is 0 Å². The molecule has 1 aliphatic rings. The van der Waals surface area contributed by atoms with Crippen LogP contribution in [-0.2, 0) is 11.3 Å². The van der Waals surface area contributed by atoms with E-state index in [9.17, 15) is 4.79 Å². The molecular formula is C26H32N4O. The van der Waals surface area contributed by atoms with Crippen molar-refractivity contribution in [2.24, 2.45) is 5.92 Å². The molecule has 1 saturated heterocycles. The van der Waals surface area contributed by atoms with Gasteiger partial charge >= 0.3 is 0 Å². The van der Waals surface area contributed by atoms with Gasteiger partial charge in [-0.05, 0) is 63.7 Å². The number of aromatic nitrogens is 2. The van der Waals surface area contributed by atoms with E-state index in [1.54, 1.807) is 0 Å². The molecule has 0 bridgehead atoms. The van der Waals surface area contributed by atoms with Crippen LogP contribution in [0.3, 0.4) is 0 Å². The number of nitrogens with zero attached hydrogens (tertiary/aromatic N) is 3. The van der Waals surface area contributed by atoms with E-state index >= 15 is 0 Å². The largest absolute Gasteiger partial charge is 0.331 e. The summed E-state index contributed by atoms with van der Waals surface area (Å²) in [6, 6.07) is 14.6. The molecule has 1 fully saturated rings. The van der Waals surface area contributed by atoms with E-state index in [0.717, 1.165) is 60.7 Å². The van der Waals surface area contributed by atoms with Crippen LogP contribution in [0.4, 0.5) is 5.69 Å². The fraction of sp³-hybridized carbons (Fsp3) is 0.385. The Morgan fingerprint density at radius 2 is 1.74 bits per heavy atom. The average molecular weight is 417 g/mol. The number of anilines is 1. The number of carbonyl (C=O) groups is 1. The predicted molar refractivity (Wildman–Crippen MR) is 126 cm³/mol. The number of likely N-dealkylation sites (tertiary alicyclic amines) is 1. The second kappa shape index (κ2) is 9.48. The van der Waals surface area contributed by atoms with Crippen molar-refractivity contribution in [3.63, 3.8) is 0 Å². The number of hydrogen-bond donors (Lipinski definition) is 1. The minimum Gasteiger partial charge on any atom is -0.331 e. The molecule has 5 nitrogen and oxygen atoms in total. The highest BCUT2D eigenvalue weighted by atomic mass is 16.2. The Morgan fingerprint density at radius 1 is 1.06 bits per heavy atom. The highest BCUT2D eigenvalue weighted by molar-refractivity contribution is 5.93. The van der Waals surface area contributed by atoms with Gasteiger partial charge in [-0.1, -0.05) is 48.0 Å². The molecule has 1 aromatic heterocycles. The van der Waals surface area contributed by atoms with Gasteiger partial charge in [-0.3, -0.25) is 9.69 Å². The second-order valence-corrected chi connectivity index (χ2v) is 8.81. The van der Waals surface area contributed by atoms with Crippen molar-refractivity contribution in [2.45, 2.75) is 40.2 Å². The Balaban J connectivity index is 1.29. The smallest absolute Gasteiger partial charge is 0.238 e. The monoisotopic (exact) mass is 416 g/mol. The molecule has 1 N–H and O–H groups in total. The Kier molecular flexibility index (Phi) is 6.52. The van der Waals surface area contributed by atoms with Gasteiger partial charge < -0.3 is 9.88 Å². The summed E-state index contributed by atoms with van der Waals surface area (Å²) < 4.78 is 2.27. The van der Waals surface area contributed by atoms with E-state index in [1.807, 2.05) is 12.3 Å². The zero-order chi connectivity index (χ0) is 21.8. The van der Waals surface area contributed by atoms with E-state index in [4.69, 9.17) is 0 Å². The Morgan fingerprint density at radius 3 is 2.42 bits per heavy atom. The minimum atomic E-state index is 0.0782. The van der Waals surface area contributed by atoms with Crippen molar-refractivity contribution in [3.05, 3.63) is 71.5 Å². The summed E-state index contributed by atoms with van der Waals surface area (Å²) in [5, 5.41) is 3.13. The van der Waals surface area contributed by atoms with Gasteiger partial charge in [0, 0.05) is 30.2 Å². The van der Waals surface area contributed by atoms with Crippen LogP contribution in [0.1, 0.15) is 29.5 Å². The third kappa shape index (κ3) is 5.23. The van der Waals surface area contributed by atoms with Gasteiger partial charge in [0.25, 0.3) is 0 Å². The highest BCUT2D eigenvalue weighted by Crippen LogP contribution is 2.24. The lowest BCUT2D eigenvalue weighted by Gasteiger charge is -2.32. The summed E-state index contributed by atoms with van der Waals surface area (Å²) in [6.45, 7) is 9.55. The number of benzene rings is 2. The first-order valence-corrected chi connectivity index (χ1v) is 11.2. The third-order valence-electron chi connectivity index (χ3n) is 6.22. The van der Waals surface area contributed by atoms with Gasteiger partial charge in [0.05, 0.1) is 6.54 Å². The number of hydrogen-bond acceptors (Lipinski definition) is 3. The van der Waals surface area contributed by atoms with Crippen LogP contribution in [0.5, 0.6) is 0 Å². The van der Waals surface area contributed by atoms with Crippen molar-refractivity contribution in [2.75, 3.05) is 25.0 Å². The summed E-state index contributed by atoms with van der Waals surface area (Å²) in [6.07, 6.45) is 6.16. The lowest BCUT2D eigenvalue weighted by molar-refractivity contribution is -0.117. The van der Waals surface area contributed by atoms with E-state index in [-0.39, 0.29) is 5.91 Å². The number of amides is 1. The van der Waals surface area contributed by atoms with E-state index in [0.29, 0.717) is 12.5 Å². The van der Waals surface area contributed by atoms with Crippen LogP contribution >= 0.6 is 0 Å². The van der Waals surface area contributed by atoms with Gasteiger partial charge in [-0.15, -0.1) is 0 Å². The van der Waals surface area contributed by atoms with Crippen molar-refractivity contribution < 1.29 is 4.79 Å². The number of aryl methyl sites for hydroxylation is 3. The molecule has 2 heterocycles. The summed E-state index contributed by atoms with van der Waals surface area (Å²) in [5.74, 6) is 1.72. The van der Waals surface area contributed by atoms with E-state index in [2.05, 4.69) is 83.1 Å². The normalized spacial score (nSPS) is 15.2. The Labute approximate surface area is 185 Å². The lowest BCUT2D eigenvalue weighted by Crippen LogP contribution is -2.40. The molecule has 31 heavy (non-hydrogen) atoms. The summed E-state index contributed by atoms with van der Waals surface area (Å²) in [4.78, 5) is 19.5. The maximum absolute atomic E-state index is 12.6. The fourth-order valence-electron chi connectivity index (χ4n) is 4.67. The van der Waals surface area contributed by atoms with Crippen LogP contribution in [0.2, 0.25) is 0 Å². The first-order valence-electron chi connectivity index (χ1n) is 11.2. The molecule has 1 aliphatic heterocycles. The molecule has 3 aromatic rings. The fourth-order valence-corrected chi connectivity index (χ4v) is 4.67. The minimum absolute atomic E-state index is 0.0782. The Hall–Kier alpha value is -2.92. The van der Waals surface area contributed by atoms with Gasteiger partial charge in [-0.25, -0.2) is 4.98 Å². The molecule has 0 aliphatic carbocycles. The summed E-state index contributed by atoms with van der Waals surface area (Å²) >= 11 is 0. The van der Waals surface area contributed by atoms with Crippen LogP contribution in [0, 0.1) is 26.7 Å². The SMILES string of the molecule is Cc1cc(C)c(NC(=O)CN2CCC(Cn3ccnc3-c3ccccc3)CC2)c(C)c1. The molecular weight excluding hydrogens is 384 g/mol. The number of piperidine rings is 1. The standard InChI is InChI=1S/C26H32N4O/c1-19-15-20(2)25(21(3)16-19)28-24(31)18-29-12-9-22(10-13-29)17-30-14-11-27-26(30)23-7-5-4-6-8-23/h4-8,11,14-16,22H,9-10,12-13,17-18H2,1-3H3,(H,28,31). The first kappa shape index (κ1) is 21.3. The van der Waals surface area contributed by atoms with Crippen molar-refractivity contribution in [1.29, 1.82) is 0 Å². The average Bonchev–Trinajstić information content (AvgIpc) is 3.21. The lowest BCUT2D eigenvalue weighted by atomic mass is 9.96. The maximum atomic E-state index is 12.6. The van der Waals surface area contributed by atoms with E-state index < -0.39 is 0 Å². The zero-order valence-electron chi connectivity index (χ0n) is 18.8. The number of nitrogens with one attached hydrogen (secondary N) is 1. The number of rotatable bonds is 6. The van der Waals surface area contributed by atoms with Crippen LogP contribution in [-0.4, -0.2) is 40.0 Å². The Bertz CT molecular complexity index is 1010. The van der Waals surface area contributed by atoms with Gasteiger partial charge in [-0.2, -0.15) is 0 Å². The summed E-state index contributed by atoms with van der Waals surface area (Å²) in [7, 11) is 0. The molecule has 5 heteroatoms. The molecule has 1 amide bonds.